The van der Waals surface area contributed by atoms with Gasteiger partial charge < -0.3 is 4.74 Å². The number of hydrogen-bond donors (Lipinski definition) is 0. The molecule has 0 fully saturated rings. The number of Topliss-reactive ketones (excluding diaryl/α,β-unsaturated/α-hetero) is 1. The highest BCUT2D eigenvalue weighted by molar-refractivity contribution is 6.23. The molecular formula is C12H11FO3. The second-order valence-electron chi connectivity index (χ2n) is 3.01. The predicted octanol–water partition coefficient (Wildman–Crippen LogP) is 2.13. The van der Waals surface area contributed by atoms with Crippen molar-refractivity contribution in [2.24, 2.45) is 0 Å². The van der Waals surface area contributed by atoms with Gasteiger partial charge in [0, 0.05) is 0 Å². The molecule has 0 atom stereocenters. The first kappa shape index (κ1) is 12.1. The number of rotatable bonds is 4. The number of hydrogen-bond acceptors (Lipinski definition) is 3. The van der Waals surface area contributed by atoms with Gasteiger partial charge in [-0.2, -0.15) is 0 Å². The zero-order chi connectivity index (χ0) is 12.1. The maximum atomic E-state index is 13.2. The maximum absolute atomic E-state index is 13.2. The van der Waals surface area contributed by atoms with Gasteiger partial charge in [0.05, 0.1) is 12.2 Å². The topological polar surface area (TPSA) is 43.4 Å². The van der Waals surface area contributed by atoms with Gasteiger partial charge in [-0.15, -0.1) is 0 Å². The second-order valence-corrected chi connectivity index (χ2v) is 3.01. The highest BCUT2D eigenvalue weighted by Gasteiger charge is 2.20. The second kappa shape index (κ2) is 5.21. The van der Waals surface area contributed by atoms with Crippen LogP contribution in [0.1, 0.15) is 17.3 Å². The third kappa shape index (κ3) is 2.53. The molecule has 1 rings (SSSR count). The summed E-state index contributed by atoms with van der Waals surface area (Å²) in [5, 5.41) is 0. The van der Waals surface area contributed by atoms with E-state index >= 15 is 0 Å². The molecule has 0 aliphatic rings. The fourth-order valence-electron chi connectivity index (χ4n) is 1.12. The van der Waals surface area contributed by atoms with Gasteiger partial charge in [-0.1, -0.05) is 18.7 Å². The number of benzene rings is 1. The number of carbonyl (C=O) groups is 2. The lowest BCUT2D eigenvalue weighted by Gasteiger charge is -2.04. The van der Waals surface area contributed by atoms with Crippen molar-refractivity contribution in [2.75, 3.05) is 6.61 Å². The van der Waals surface area contributed by atoms with Crippen LogP contribution >= 0.6 is 0 Å². The number of carbonyl (C=O) groups excluding carboxylic acids is 2. The van der Waals surface area contributed by atoms with Crippen LogP contribution in [-0.2, 0) is 9.53 Å². The Kier molecular flexibility index (Phi) is 3.94. The Labute approximate surface area is 92.5 Å². The van der Waals surface area contributed by atoms with E-state index in [2.05, 4.69) is 11.3 Å². The van der Waals surface area contributed by atoms with Crippen molar-refractivity contribution in [3.05, 3.63) is 47.8 Å². The molecule has 3 nitrogen and oxygen atoms in total. The summed E-state index contributed by atoms with van der Waals surface area (Å²) in [6.07, 6.45) is 0. The van der Waals surface area contributed by atoms with Gasteiger partial charge in [-0.25, -0.2) is 9.18 Å². The summed E-state index contributed by atoms with van der Waals surface area (Å²) in [6, 6.07) is 5.40. The van der Waals surface area contributed by atoms with Crippen LogP contribution in [0.25, 0.3) is 0 Å². The first-order valence-electron chi connectivity index (χ1n) is 4.73. The van der Waals surface area contributed by atoms with Crippen molar-refractivity contribution in [1.82, 2.24) is 0 Å². The molecule has 0 radical (unpaired) electrons. The SMILES string of the molecule is C=C(C(=O)OCC)C(=O)c1ccccc1F. The van der Waals surface area contributed by atoms with E-state index in [-0.39, 0.29) is 17.7 Å². The molecule has 0 unspecified atom stereocenters. The fraction of sp³-hybridized carbons (Fsp3) is 0.167. The van der Waals surface area contributed by atoms with Gasteiger partial charge in [-0.05, 0) is 19.1 Å². The number of ether oxygens (including phenoxy) is 1. The molecule has 0 aliphatic carbocycles. The highest BCUT2D eigenvalue weighted by Crippen LogP contribution is 2.12. The monoisotopic (exact) mass is 222 g/mol. The van der Waals surface area contributed by atoms with E-state index in [4.69, 9.17) is 0 Å². The third-order valence-corrected chi connectivity index (χ3v) is 1.91. The van der Waals surface area contributed by atoms with Crippen molar-refractivity contribution in [2.45, 2.75) is 6.92 Å². The first-order valence-corrected chi connectivity index (χ1v) is 4.73. The van der Waals surface area contributed by atoms with E-state index in [1.165, 1.54) is 18.2 Å². The van der Waals surface area contributed by atoms with Crippen LogP contribution in [0.15, 0.2) is 36.4 Å². The molecular weight excluding hydrogens is 211 g/mol. The smallest absolute Gasteiger partial charge is 0.341 e. The van der Waals surface area contributed by atoms with Crippen LogP contribution < -0.4 is 0 Å². The number of ketones is 1. The van der Waals surface area contributed by atoms with Crippen molar-refractivity contribution >= 4 is 11.8 Å². The lowest BCUT2D eigenvalue weighted by Crippen LogP contribution is -2.16. The van der Waals surface area contributed by atoms with Gasteiger partial charge in [-0.3, -0.25) is 4.79 Å². The van der Waals surface area contributed by atoms with Gasteiger partial charge in [0.1, 0.15) is 11.4 Å². The molecule has 16 heavy (non-hydrogen) atoms. The molecule has 4 heteroatoms. The Bertz CT molecular complexity index is 438. The Morgan fingerprint density at radius 3 is 2.56 bits per heavy atom. The zero-order valence-electron chi connectivity index (χ0n) is 8.83. The lowest BCUT2D eigenvalue weighted by molar-refractivity contribution is -0.138. The molecule has 0 spiro atoms. The minimum absolute atomic E-state index is 0.141. The minimum Gasteiger partial charge on any atom is -0.462 e. The maximum Gasteiger partial charge on any atom is 0.341 e. The highest BCUT2D eigenvalue weighted by atomic mass is 19.1. The van der Waals surface area contributed by atoms with E-state index in [1.807, 2.05) is 0 Å². The summed E-state index contributed by atoms with van der Waals surface area (Å²) in [5.41, 5.74) is -0.549. The summed E-state index contributed by atoms with van der Waals surface area (Å²) in [4.78, 5) is 22.8. The fourth-order valence-corrected chi connectivity index (χ4v) is 1.12. The Hall–Kier alpha value is -1.97. The van der Waals surface area contributed by atoms with Crippen LogP contribution in [0.2, 0.25) is 0 Å². The molecule has 0 N–H and O–H groups in total. The van der Waals surface area contributed by atoms with E-state index in [0.717, 1.165) is 6.07 Å². The molecule has 1 aromatic rings. The molecule has 0 aromatic heterocycles. The first-order chi connectivity index (χ1) is 7.57. The summed E-state index contributed by atoms with van der Waals surface area (Å²) >= 11 is 0. The van der Waals surface area contributed by atoms with Crippen LogP contribution in [0.5, 0.6) is 0 Å². The number of halogens is 1. The van der Waals surface area contributed by atoms with Crippen molar-refractivity contribution in [3.8, 4) is 0 Å². The standard InChI is InChI=1S/C12H11FO3/c1-3-16-12(15)8(2)11(14)9-6-4-5-7-10(9)13/h4-7H,2-3H2,1H3. The largest absolute Gasteiger partial charge is 0.462 e. The summed E-state index contributed by atoms with van der Waals surface area (Å²) in [5.74, 6) is -2.26. The van der Waals surface area contributed by atoms with Crippen LogP contribution in [0.4, 0.5) is 4.39 Å². The lowest BCUT2D eigenvalue weighted by atomic mass is 10.0. The summed E-state index contributed by atoms with van der Waals surface area (Å²) < 4.78 is 17.8. The molecule has 0 saturated carbocycles. The van der Waals surface area contributed by atoms with E-state index in [9.17, 15) is 14.0 Å². The van der Waals surface area contributed by atoms with Crippen molar-refractivity contribution < 1.29 is 18.7 Å². The Balaban J connectivity index is 2.91. The van der Waals surface area contributed by atoms with E-state index in [1.54, 1.807) is 6.92 Å². The quantitative estimate of drug-likeness (QED) is 0.258. The molecule has 0 bridgehead atoms. The normalized spacial score (nSPS) is 9.62. The average molecular weight is 222 g/mol. The van der Waals surface area contributed by atoms with Crippen LogP contribution in [0.3, 0.4) is 0 Å². The van der Waals surface area contributed by atoms with Gasteiger partial charge in [0.25, 0.3) is 0 Å². The van der Waals surface area contributed by atoms with Gasteiger partial charge >= 0.3 is 5.97 Å². The molecule has 0 saturated heterocycles. The van der Waals surface area contributed by atoms with E-state index in [0.29, 0.717) is 0 Å². The number of esters is 1. The van der Waals surface area contributed by atoms with Crippen LogP contribution in [-0.4, -0.2) is 18.4 Å². The molecule has 0 aliphatic heterocycles. The molecule has 84 valence electrons. The average Bonchev–Trinajstić information content (AvgIpc) is 2.28. The molecule has 1 aromatic carbocycles. The van der Waals surface area contributed by atoms with Gasteiger partial charge in [0.15, 0.2) is 0 Å². The van der Waals surface area contributed by atoms with E-state index < -0.39 is 17.6 Å². The summed E-state index contributed by atoms with van der Waals surface area (Å²) in [6.45, 7) is 5.05. The Morgan fingerprint density at radius 1 is 1.38 bits per heavy atom. The molecule has 0 amide bonds. The summed E-state index contributed by atoms with van der Waals surface area (Å²) in [7, 11) is 0. The zero-order valence-corrected chi connectivity index (χ0v) is 8.83. The van der Waals surface area contributed by atoms with Crippen molar-refractivity contribution in [1.29, 1.82) is 0 Å². The van der Waals surface area contributed by atoms with Gasteiger partial charge in [0.2, 0.25) is 5.78 Å². The Morgan fingerprint density at radius 2 is 2.00 bits per heavy atom. The van der Waals surface area contributed by atoms with Crippen LogP contribution in [0, 0.1) is 5.82 Å². The minimum atomic E-state index is -0.823. The molecule has 0 heterocycles. The third-order valence-electron chi connectivity index (χ3n) is 1.91. The van der Waals surface area contributed by atoms with Crippen molar-refractivity contribution in [3.63, 3.8) is 0 Å². The predicted molar refractivity (Wildman–Crippen MR) is 56.5 cm³/mol.